The molecule has 114 valence electrons. The highest BCUT2D eigenvalue weighted by atomic mass is 16.5. The van der Waals surface area contributed by atoms with Crippen molar-refractivity contribution in [2.75, 3.05) is 13.2 Å². The zero-order chi connectivity index (χ0) is 14.7. The van der Waals surface area contributed by atoms with Gasteiger partial charge in [-0.1, -0.05) is 19.1 Å². The number of nitrogens with zero attached hydrogens (tertiary/aromatic N) is 2. The average molecular weight is 287 g/mol. The monoisotopic (exact) mass is 287 g/mol. The molecule has 0 spiro atoms. The zero-order valence-corrected chi connectivity index (χ0v) is 13.0. The maximum absolute atomic E-state index is 5.74. The number of para-hydroxylation sites is 2. The molecule has 1 fully saturated rings. The Morgan fingerprint density at radius 3 is 3.05 bits per heavy atom. The van der Waals surface area contributed by atoms with Gasteiger partial charge in [0.1, 0.15) is 5.82 Å². The average Bonchev–Trinajstić information content (AvgIpc) is 3.14. The van der Waals surface area contributed by atoms with Gasteiger partial charge < -0.3 is 14.6 Å². The molecule has 3 rings (SSSR count). The molecular formula is C17H25N3O. The van der Waals surface area contributed by atoms with Gasteiger partial charge in [-0.25, -0.2) is 4.98 Å². The Morgan fingerprint density at radius 1 is 1.43 bits per heavy atom. The molecule has 21 heavy (non-hydrogen) atoms. The van der Waals surface area contributed by atoms with Crippen LogP contribution in [-0.4, -0.2) is 34.8 Å². The molecule has 4 nitrogen and oxygen atoms in total. The highest BCUT2D eigenvalue weighted by Gasteiger charge is 2.21. The van der Waals surface area contributed by atoms with E-state index in [1.807, 2.05) is 0 Å². The van der Waals surface area contributed by atoms with Gasteiger partial charge >= 0.3 is 0 Å². The predicted octanol–water partition coefficient (Wildman–Crippen LogP) is 2.76. The molecule has 1 aliphatic rings. The van der Waals surface area contributed by atoms with Crippen molar-refractivity contribution in [1.29, 1.82) is 0 Å². The van der Waals surface area contributed by atoms with Gasteiger partial charge in [-0.15, -0.1) is 0 Å². The van der Waals surface area contributed by atoms with Crippen LogP contribution in [0.25, 0.3) is 11.0 Å². The number of imidazole rings is 1. The van der Waals surface area contributed by atoms with E-state index in [4.69, 9.17) is 9.72 Å². The number of rotatable bonds is 6. The number of aryl methyl sites for hydroxylation is 1. The summed E-state index contributed by atoms with van der Waals surface area (Å²) in [6, 6.07) is 8.81. The lowest BCUT2D eigenvalue weighted by atomic mass is 10.1. The first-order chi connectivity index (χ1) is 10.3. The Balaban J connectivity index is 1.64. The highest BCUT2D eigenvalue weighted by Crippen LogP contribution is 2.17. The maximum Gasteiger partial charge on any atom is 0.109 e. The van der Waals surface area contributed by atoms with Crippen molar-refractivity contribution >= 4 is 11.0 Å². The molecule has 0 saturated carbocycles. The molecule has 0 radical (unpaired) electrons. The third-order valence-electron chi connectivity index (χ3n) is 4.37. The fraction of sp³-hybridized carbons (Fsp3) is 0.588. The molecule has 1 aromatic carbocycles. The van der Waals surface area contributed by atoms with Gasteiger partial charge in [0.25, 0.3) is 0 Å². The molecule has 4 heteroatoms. The molecule has 0 aliphatic carbocycles. The summed E-state index contributed by atoms with van der Waals surface area (Å²) in [5, 5.41) is 3.61. The third kappa shape index (κ3) is 3.11. The summed E-state index contributed by atoms with van der Waals surface area (Å²) in [5.74, 6) is 1.17. The molecule has 0 amide bonds. The maximum atomic E-state index is 5.74. The van der Waals surface area contributed by atoms with E-state index in [1.165, 1.54) is 24.2 Å². The van der Waals surface area contributed by atoms with E-state index in [-0.39, 0.29) is 0 Å². The topological polar surface area (TPSA) is 39.1 Å². The van der Waals surface area contributed by atoms with Crippen LogP contribution in [0.3, 0.4) is 0 Å². The number of fused-ring (bicyclic) bond motifs is 1. The van der Waals surface area contributed by atoms with E-state index >= 15 is 0 Å². The molecule has 1 aliphatic heterocycles. The van der Waals surface area contributed by atoms with Crippen molar-refractivity contribution < 1.29 is 4.74 Å². The number of benzene rings is 1. The Morgan fingerprint density at radius 2 is 2.29 bits per heavy atom. The van der Waals surface area contributed by atoms with Crippen LogP contribution >= 0.6 is 0 Å². The van der Waals surface area contributed by atoms with Gasteiger partial charge in [0.15, 0.2) is 0 Å². The zero-order valence-electron chi connectivity index (χ0n) is 13.0. The Labute approximate surface area is 126 Å². The van der Waals surface area contributed by atoms with Gasteiger partial charge in [-0.05, 0) is 31.9 Å². The molecule has 2 atom stereocenters. The minimum absolute atomic E-state index is 0.384. The fourth-order valence-electron chi connectivity index (χ4n) is 3.18. The lowest BCUT2D eigenvalue weighted by Gasteiger charge is -2.20. The number of nitrogens with one attached hydrogen (secondary N) is 1. The summed E-state index contributed by atoms with van der Waals surface area (Å²) in [4.78, 5) is 4.72. The van der Waals surface area contributed by atoms with Gasteiger partial charge in [-0.3, -0.25) is 0 Å². The molecule has 2 heterocycles. The number of hydrogen-bond donors (Lipinski definition) is 1. The van der Waals surface area contributed by atoms with Crippen LogP contribution in [0.2, 0.25) is 0 Å². The van der Waals surface area contributed by atoms with Gasteiger partial charge in [-0.2, -0.15) is 0 Å². The molecule has 1 saturated heterocycles. The van der Waals surface area contributed by atoms with E-state index in [0.29, 0.717) is 12.1 Å². The highest BCUT2D eigenvalue weighted by molar-refractivity contribution is 5.75. The Hall–Kier alpha value is -1.39. The quantitative estimate of drug-likeness (QED) is 0.888. The molecule has 2 aromatic rings. The minimum Gasteiger partial charge on any atom is -0.377 e. The van der Waals surface area contributed by atoms with Gasteiger partial charge in [0.2, 0.25) is 0 Å². The third-order valence-corrected chi connectivity index (χ3v) is 4.37. The van der Waals surface area contributed by atoms with Crippen LogP contribution in [0.4, 0.5) is 0 Å². The second kappa shape index (κ2) is 6.58. The lowest BCUT2D eigenvalue weighted by molar-refractivity contribution is 0.0835. The molecule has 1 N–H and O–H groups in total. The van der Waals surface area contributed by atoms with Crippen molar-refractivity contribution in [2.24, 2.45) is 0 Å². The summed E-state index contributed by atoms with van der Waals surface area (Å²) in [6.45, 7) is 7.22. The van der Waals surface area contributed by atoms with Crippen LogP contribution < -0.4 is 5.32 Å². The molecule has 1 aromatic heterocycles. The summed E-state index contributed by atoms with van der Waals surface area (Å²) >= 11 is 0. The predicted molar refractivity (Wildman–Crippen MR) is 85.5 cm³/mol. The first kappa shape index (κ1) is 14.5. The largest absolute Gasteiger partial charge is 0.377 e. The summed E-state index contributed by atoms with van der Waals surface area (Å²) < 4.78 is 8.07. The minimum atomic E-state index is 0.384. The van der Waals surface area contributed by atoms with Crippen LogP contribution in [0.15, 0.2) is 24.3 Å². The summed E-state index contributed by atoms with van der Waals surface area (Å²) in [6.07, 6.45) is 3.73. The SMILES string of the molecule is CCc1nc2ccccc2n1CCNC(C)C1CCCO1. The van der Waals surface area contributed by atoms with Crippen molar-refractivity contribution in [1.82, 2.24) is 14.9 Å². The summed E-state index contributed by atoms with van der Waals surface area (Å²) in [5.41, 5.74) is 2.34. The van der Waals surface area contributed by atoms with E-state index in [0.717, 1.165) is 31.6 Å². The second-order valence-electron chi connectivity index (χ2n) is 5.82. The van der Waals surface area contributed by atoms with Crippen molar-refractivity contribution in [3.8, 4) is 0 Å². The standard InChI is InChI=1S/C17H25N3O/c1-3-17-19-14-7-4-5-8-15(14)20(17)11-10-18-13(2)16-9-6-12-21-16/h4-5,7-8,13,16,18H,3,6,9-12H2,1-2H3. The first-order valence-electron chi connectivity index (χ1n) is 8.08. The van der Waals surface area contributed by atoms with Crippen molar-refractivity contribution in [2.45, 2.75) is 51.8 Å². The smallest absolute Gasteiger partial charge is 0.109 e. The van der Waals surface area contributed by atoms with E-state index in [2.05, 4.69) is 48.0 Å². The van der Waals surface area contributed by atoms with Crippen molar-refractivity contribution in [3.63, 3.8) is 0 Å². The number of ether oxygens (including phenoxy) is 1. The van der Waals surface area contributed by atoms with Crippen LogP contribution in [0.1, 0.15) is 32.5 Å². The molecule has 2 unspecified atom stereocenters. The summed E-state index contributed by atoms with van der Waals surface area (Å²) in [7, 11) is 0. The van der Waals surface area contributed by atoms with Gasteiger partial charge in [0.05, 0.1) is 17.1 Å². The number of aromatic nitrogens is 2. The second-order valence-corrected chi connectivity index (χ2v) is 5.82. The molecule has 0 bridgehead atoms. The van der Waals surface area contributed by atoms with Crippen molar-refractivity contribution in [3.05, 3.63) is 30.1 Å². The normalized spacial score (nSPS) is 20.2. The van der Waals surface area contributed by atoms with Crippen LogP contribution in [0, 0.1) is 0 Å². The Bertz CT molecular complexity index is 587. The van der Waals surface area contributed by atoms with E-state index in [9.17, 15) is 0 Å². The number of hydrogen-bond acceptors (Lipinski definition) is 3. The van der Waals surface area contributed by atoms with E-state index < -0.39 is 0 Å². The molecular weight excluding hydrogens is 262 g/mol. The first-order valence-corrected chi connectivity index (χ1v) is 8.08. The van der Waals surface area contributed by atoms with Gasteiger partial charge in [0, 0.05) is 32.2 Å². The Kier molecular flexibility index (Phi) is 4.56. The van der Waals surface area contributed by atoms with Crippen LogP contribution in [0.5, 0.6) is 0 Å². The van der Waals surface area contributed by atoms with Crippen LogP contribution in [-0.2, 0) is 17.7 Å². The van der Waals surface area contributed by atoms with E-state index in [1.54, 1.807) is 0 Å². The lowest BCUT2D eigenvalue weighted by Crippen LogP contribution is -2.38. The fourth-order valence-corrected chi connectivity index (χ4v) is 3.18.